The first-order valence-electron chi connectivity index (χ1n) is 8.40. The highest BCUT2D eigenvalue weighted by molar-refractivity contribution is 7.99. The van der Waals surface area contributed by atoms with Crippen molar-refractivity contribution in [1.29, 1.82) is 0 Å². The number of thiophene rings is 1. The third kappa shape index (κ3) is 3.85. The zero-order valence-corrected chi connectivity index (χ0v) is 16.3. The number of aliphatic hydroxyl groups excluding tert-OH is 1. The first kappa shape index (κ1) is 17.9. The van der Waals surface area contributed by atoms with Crippen molar-refractivity contribution in [3.8, 4) is 0 Å². The third-order valence-corrected chi connectivity index (χ3v) is 6.06. The highest BCUT2D eigenvalue weighted by atomic mass is 32.2. The summed E-state index contributed by atoms with van der Waals surface area (Å²) in [5, 5.41) is 14.9. The van der Waals surface area contributed by atoms with Gasteiger partial charge in [0.1, 0.15) is 10.6 Å². The molecule has 0 bridgehead atoms. The average molecular weight is 368 g/mol. The summed E-state index contributed by atoms with van der Waals surface area (Å²) < 4.78 is 5.95. The summed E-state index contributed by atoms with van der Waals surface area (Å²) in [5.74, 6) is 1.84. The molecule has 0 radical (unpaired) electrons. The van der Waals surface area contributed by atoms with Gasteiger partial charge in [-0.1, -0.05) is 18.7 Å². The molecule has 0 fully saturated rings. The predicted octanol–water partition coefficient (Wildman–Crippen LogP) is 3.84. The Kier molecular flexibility index (Phi) is 5.34. The Bertz CT molecular complexity index is 728. The fourth-order valence-corrected chi connectivity index (χ4v) is 4.61. The molecule has 0 aliphatic carbocycles. The van der Waals surface area contributed by atoms with Crippen LogP contribution in [0.1, 0.15) is 44.6 Å². The van der Waals surface area contributed by atoms with Gasteiger partial charge in [0.25, 0.3) is 0 Å². The van der Waals surface area contributed by atoms with Crippen molar-refractivity contribution >= 4 is 39.1 Å². The maximum absolute atomic E-state index is 9.64. The van der Waals surface area contributed by atoms with Crippen LogP contribution >= 0.6 is 23.1 Å². The van der Waals surface area contributed by atoms with Gasteiger partial charge in [-0.05, 0) is 32.8 Å². The molecular weight excluding hydrogens is 342 g/mol. The summed E-state index contributed by atoms with van der Waals surface area (Å²) in [6.07, 6.45) is 1.53. The minimum absolute atomic E-state index is 0.168. The minimum Gasteiger partial charge on any atom is -0.392 e. The molecule has 0 saturated carbocycles. The summed E-state index contributed by atoms with van der Waals surface area (Å²) in [6.45, 7) is 9.29. The topological polar surface area (TPSA) is 67.3 Å². The van der Waals surface area contributed by atoms with E-state index in [4.69, 9.17) is 14.7 Å². The third-order valence-electron chi connectivity index (χ3n) is 3.91. The van der Waals surface area contributed by atoms with E-state index in [9.17, 15) is 5.11 Å². The van der Waals surface area contributed by atoms with E-state index in [2.05, 4.69) is 26.1 Å². The number of aromatic nitrogens is 2. The highest BCUT2D eigenvalue weighted by Gasteiger charge is 2.31. The first-order chi connectivity index (χ1) is 11.4. The molecular formula is C17H25N3O2S2. The second kappa shape index (κ2) is 7.15. The number of nitrogens with one attached hydrogen (secondary N) is 1. The molecule has 24 heavy (non-hydrogen) atoms. The van der Waals surface area contributed by atoms with Gasteiger partial charge in [-0.15, -0.1) is 11.3 Å². The number of thioether (sulfide) groups is 1. The number of hydrogen-bond donors (Lipinski definition) is 2. The number of hydrogen-bond acceptors (Lipinski definition) is 7. The van der Waals surface area contributed by atoms with Crippen LogP contribution in [0.25, 0.3) is 10.2 Å². The van der Waals surface area contributed by atoms with Crippen LogP contribution in [-0.2, 0) is 17.8 Å². The number of nitrogens with zero attached hydrogens (tertiary/aromatic N) is 2. The standard InChI is InChI=1S/C17H25N3O2S2/c1-5-6-23-16-19-14(18-8-10(2)21)13-11-7-17(3,4)22-9-12(11)24-15(13)20-16/h10,21H,5-9H2,1-4H3,(H,18,19,20)/t10-/m0/s1. The zero-order chi connectivity index (χ0) is 17.3. The van der Waals surface area contributed by atoms with Crippen molar-refractivity contribution in [3.05, 3.63) is 10.4 Å². The molecule has 1 atom stereocenters. The normalized spacial score (nSPS) is 17.7. The second-order valence-corrected chi connectivity index (χ2v) is 8.99. The van der Waals surface area contributed by atoms with Gasteiger partial charge in [-0.3, -0.25) is 0 Å². The molecule has 3 heterocycles. The number of aliphatic hydroxyl groups is 1. The molecule has 0 saturated heterocycles. The van der Waals surface area contributed by atoms with Gasteiger partial charge in [0.05, 0.1) is 23.7 Å². The maximum atomic E-state index is 9.64. The van der Waals surface area contributed by atoms with Crippen LogP contribution in [0.3, 0.4) is 0 Å². The molecule has 3 rings (SSSR count). The fourth-order valence-electron chi connectivity index (χ4n) is 2.76. The van der Waals surface area contributed by atoms with E-state index in [0.29, 0.717) is 13.2 Å². The van der Waals surface area contributed by atoms with Gasteiger partial charge in [0.2, 0.25) is 0 Å². The molecule has 1 aliphatic heterocycles. The average Bonchev–Trinajstić information content (AvgIpc) is 2.87. The van der Waals surface area contributed by atoms with Crippen molar-refractivity contribution in [1.82, 2.24) is 9.97 Å². The van der Waals surface area contributed by atoms with Gasteiger partial charge >= 0.3 is 0 Å². The van der Waals surface area contributed by atoms with E-state index < -0.39 is 6.10 Å². The Balaban J connectivity index is 2.06. The molecule has 0 amide bonds. The van der Waals surface area contributed by atoms with Crippen molar-refractivity contribution < 1.29 is 9.84 Å². The van der Waals surface area contributed by atoms with Crippen LogP contribution in [0, 0.1) is 0 Å². The Hall–Kier alpha value is -0.890. The lowest BCUT2D eigenvalue weighted by Gasteiger charge is -2.30. The second-order valence-electron chi connectivity index (χ2n) is 6.84. The number of fused-ring (bicyclic) bond motifs is 3. The van der Waals surface area contributed by atoms with Gasteiger partial charge in [0.15, 0.2) is 5.16 Å². The highest BCUT2D eigenvalue weighted by Crippen LogP contribution is 2.41. The van der Waals surface area contributed by atoms with E-state index in [-0.39, 0.29) is 5.60 Å². The van der Waals surface area contributed by atoms with Crippen molar-refractivity contribution in [2.24, 2.45) is 0 Å². The Morgan fingerprint density at radius 3 is 2.92 bits per heavy atom. The molecule has 0 unspecified atom stereocenters. The van der Waals surface area contributed by atoms with Crippen LogP contribution < -0.4 is 5.32 Å². The molecule has 2 aromatic heterocycles. The molecule has 7 heteroatoms. The minimum atomic E-state index is -0.420. The fraction of sp³-hybridized carbons (Fsp3) is 0.647. The number of anilines is 1. The summed E-state index contributed by atoms with van der Waals surface area (Å²) in [7, 11) is 0. The molecule has 1 aliphatic rings. The quantitative estimate of drug-likeness (QED) is 0.597. The van der Waals surface area contributed by atoms with Crippen LogP contribution in [0.2, 0.25) is 0 Å². The number of rotatable bonds is 6. The Morgan fingerprint density at radius 2 is 2.21 bits per heavy atom. The van der Waals surface area contributed by atoms with E-state index in [1.807, 2.05) is 0 Å². The lowest BCUT2D eigenvalue weighted by Crippen LogP contribution is -2.31. The summed E-state index contributed by atoms with van der Waals surface area (Å²) in [4.78, 5) is 11.8. The smallest absolute Gasteiger partial charge is 0.190 e. The van der Waals surface area contributed by atoms with Crippen LogP contribution in [0.5, 0.6) is 0 Å². The largest absolute Gasteiger partial charge is 0.392 e. The molecule has 0 aromatic carbocycles. The van der Waals surface area contributed by atoms with E-state index in [1.165, 1.54) is 10.4 Å². The van der Waals surface area contributed by atoms with Gasteiger partial charge in [-0.2, -0.15) is 0 Å². The van der Waals surface area contributed by atoms with Crippen molar-refractivity contribution in [2.45, 2.75) is 64.0 Å². The molecule has 5 nitrogen and oxygen atoms in total. The molecule has 132 valence electrons. The number of ether oxygens (including phenoxy) is 1. The SMILES string of the molecule is CCCSc1nc(NC[C@H](C)O)c2c3c(sc2n1)COC(C)(C)C3. The maximum Gasteiger partial charge on any atom is 0.190 e. The first-order valence-corrected chi connectivity index (χ1v) is 10.2. The Morgan fingerprint density at radius 1 is 1.42 bits per heavy atom. The lowest BCUT2D eigenvalue weighted by atomic mass is 9.94. The van der Waals surface area contributed by atoms with Crippen LogP contribution in [0.15, 0.2) is 5.16 Å². The molecule has 2 aromatic rings. The van der Waals surface area contributed by atoms with E-state index in [1.54, 1.807) is 30.0 Å². The Labute approximate surface area is 151 Å². The van der Waals surface area contributed by atoms with Crippen molar-refractivity contribution in [2.75, 3.05) is 17.6 Å². The van der Waals surface area contributed by atoms with E-state index >= 15 is 0 Å². The summed E-state index contributed by atoms with van der Waals surface area (Å²) in [5.41, 5.74) is 1.13. The van der Waals surface area contributed by atoms with Gasteiger partial charge < -0.3 is 15.2 Å². The van der Waals surface area contributed by atoms with Crippen molar-refractivity contribution in [3.63, 3.8) is 0 Å². The summed E-state index contributed by atoms with van der Waals surface area (Å²) >= 11 is 3.38. The van der Waals surface area contributed by atoms with Gasteiger partial charge in [-0.25, -0.2) is 9.97 Å². The zero-order valence-electron chi connectivity index (χ0n) is 14.7. The summed E-state index contributed by atoms with van der Waals surface area (Å²) in [6, 6.07) is 0. The monoisotopic (exact) mass is 367 g/mol. The van der Waals surface area contributed by atoms with Crippen LogP contribution in [-0.4, -0.2) is 39.1 Å². The van der Waals surface area contributed by atoms with Crippen LogP contribution in [0.4, 0.5) is 5.82 Å². The van der Waals surface area contributed by atoms with Gasteiger partial charge in [0, 0.05) is 23.6 Å². The van der Waals surface area contributed by atoms with E-state index in [0.717, 1.165) is 39.8 Å². The molecule has 0 spiro atoms. The lowest BCUT2D eigenvalue weighted by molar-refractivity contribution is -0.0379. The molecule has 2 N–H and O–H groups in total. The predicted molar refractivity (Wildman–Crippen MR) is 101 cm³/mol.